The highest BCUT2D eigenvalue weighted by atomic mass is 16.2. The maximum absolute atomic E-state index is 13.1. The zero-order chi connectivity index (χ0) is 21.3. The molecule has 0 saturated carbocycles. The van der Waals surface area contributed by atoms with Gasteiger partial charge in [-0.1, -0.05) is 6.07 Å². The number of aryl methyl sites for hydroxylation is 2. The highest BCUT2D eigenvalue weighted by molar-refractivity contribution is 5.80. The van der Waals surface area contributed by atoms with Crippen LogP contribution in [0.4, 0.5) is 5.82 Å². The summed E-state index contributed by atoms with van der Waals surface area (Å²) in [5.41, 5.74) is 1.46. The Morgan fingerprint density at radius 2 is 1.77 bits per heavy atom. The zero-order valence-electron chi connectivity index (χ0n) is 17.4. The molecule has 1 fully saturated rings. The van der Waals surface area contributed by atoms with Crippen LogP contribution < -0.4 is 10.5 Å². The predicted molar refractivity (Wildman–Crippen MR) is 113 cm³/mol. The minimum absolute atomic E-state index is 0.115. The van der Waals surface area contributed by atoms with Crippen molar-refractivity contribution in [1.29, 1.82) is 0 Å². The number of piperazine rings is 1. The first-order chi connectivity index (χ1) is 14.4. The quantitative estimate of drug-likeness (QED) is 0.649. The lowest BCUT2D eigenvalue weighted by atomic mass is 10.2. The summed E-state index contributed by atoms with van der Waals surface area (Å²) in [5, 5.41) is 8.85. The van der Waals surface area contributed by atoms with Gasteiger partial charge in [0.15, 0.2) is 5.82 Å². The van der Waals surface area contributed by atoms with Gasteiger partial charge in [0.05, 0.1) is 5.69 Å². The number of hydrogen-bond donors (Lipinski definition) is 0. The van der Waals surface area contributed by atoms with E-state index < -0.39 is 6.04 Å². The lowest BCUT2D eigenvalue weighted by molar-refractivity contribution is -0.135. The van der Waals surface area contributed by atoms with Crippen LogP contribution in [-0.4, -0.2) is 61.5 Å². The summed E-state index contributed by atoms with van der Waals surface area (Å²) in [7, 11) is 0. The molecule has 1 aliphatic rings. The number of carbonyl (C=O) groups excluding carboxylic acids is 1. The number of amides is 1. The van der Waals surface area contributed by atoms with Crippen LogP contribution in [-0.2, 0) is 4.79 Å². The van der Waals surface area contributed by atoms with Crippen molar-refractivity contribution in [3.05, 3.63) is 64.3 Å². The third-order valence-corrected chi connectivity index (χ3v) is 5.33. The van der Waals surface area contributed by atoms with Gasteiger partial charge in [-0.2, -0.15) is 5.10 Å². The first kappa shape index (κ1) is 19.8. The van der Waals surface area contributed by atoms with Gasteiger partial charge >= 0.3 is 0 Å². The van der Waals surface area contributed by atoms with Gasteiger partial charge in [0.2, 0.25) is 5.91 Å². The summed E-state index contributed by atoms with van der Waals surface area (Å²) in [6.45, 7) is 8.08. The molecule has 9 heteroatoms. The Morgan fingerprint density at radius 3 is 2.40 bits per heavy atom. The Hall–Kier alpha value is -3.49. The van der Waals surface area contributed by atoms with E-state index in [1.165, 1.54) is 10.7 Å². The highest BCUT2D eigenvalue weighted by Gasteiger charge is 2.27. The molecule has 0 radical (unpaired) electrons. The summed E-state index contributed by atoms with van der Waals surface area (Å²) in [6.07, 6.45) is 1.77. The van der Waals surface area contributed by atoms with Gasteiger partial charge in [-0.05, 0) is 45.0 Å². The summed E-state index contributed by atoms with van der Waals surface area (Å²) < 4.78 is 2.92. The van der Waals surface area contributed by atoms with E-state index in [2.05, 4.69) is 20.1 Å². The second-order valence-electron chi connectivity index (χ2n) is 7.49. The molecule has 4 rings (SSSR count). The van der Waals surface area contributed by atoms with E-state index in [0.29, 0.717) is 32.0 Å². The molecule has 0 N–H and O–H groups in total. The van der Waals surface area contributed by atoms with Crippen LogP contribution >= 0.6 is 0 Å². The van der Waals surface area contributed by atoms with E-state index in [1.807, 2.05) is 38.1 Å². The molecule has 1 saturated heterocycles. The number of nitrogens with zero attached hydrogens (tertiary/aromatic N) is 7. The van der Waals surface area contributed by atoms with Crippen LogP contribution in [0.1, 0.15) is 24.4 Å². The third-order valence-electron chi connectivity index (χ3n) is 5.33. The lowest BCUT2D eigenvalue weighted by Crippen LogP contribution is -2.51. The molecular formula is C21H25N7O2. The number of rotatable bonds is 4. The smallest absolute Gasteiger partial charge is 0.267 e. The second kappa shape index (κ2) is 8.10. The van der Waals surface area contributed by atoms with E-state index in [9.17, 15) is 9.59 Å². The van der Waals surface area contributed by atoms with Crippen LogP contribution in [0.2, 0.25) is 0 Å². The van der Waals surface area contributed by atoms with Gasteiger partial charge in [-0.15, -0.1) is 5.10 Å². The van der Waals surface area contributed by atoms with E-state index >= 15 is 0 Å². The van der Waals surface area contributed by atoms with Gasteiger partial charge in [0.25, 0.3) is 5.56 Å². The highest BCUT2D eigenvalue weighted by Crippen LogP contribution is 2.16. The van der Waals surface area contributed by atoms with Gasteiger partial charge in [-0.25, -0.2) is 14.3 Å². The number of anilines is 1. The fraction of sp³-hybridized carbons (Fsp3) is 0.381. The van der Waals surface area contributed by atoms with Crippen LogP contribution in [0.5, 0.6) is 0 Å². The van der Waals surface area contributed by atoms with Crippen LogP contribution in [0, 0.1) is 13.8 Å². The van der Waals surface area contributed by atoms with Gasteiger partial charge in [0.1, 0.15) is 11.9 Å². The molecule has 1 unspecified atom stereocenters. The molecule has 30 heavy (non-hydrogen) atoms. The molecule has 156 valence electrons. The van der Waals surface area contributed by atoms with Crippen molar-refractivity contribution in [2.45, 2.75) is 26.8 Å². The summed E-state index contributed by atoms with van der Waals surface area (Å²) >= 11 is 0. The lowest BCUT2D eigenvalue weighted by Gasteiger charge is -2.36. The van der Waals surface area contributed by atoms with Crippen molar-refractivity contribution in [3.63, 3.8) is 0 Å². The fourth-order valence-electron chi connectivity index (χ4n) is 3.73. The first-order valence-electron chi connectivity index (χ1n) is 10.0. The fourth-order valence-corrected chi connectivity index (χ4v) is 3.73. The number of pyridine rings is 1. The second-order valence-corrected chi connectivity index (χ2v) is 7.49. The molecule has 9 nitrogen and oxygen atoms in total. The van der Waals surface area contributed by atoms with E-state index in [4.69, 9.17) is 0 Å². The van der Waals surface area contributed by atoms with Gasteiger partial charge < -0.3 is 9.80 Å². The zero-order valence-corrected chi connectivity index (χ0v) is 17.4. The molecule has 0 aromatic carbocycles. The van der Waals surface area contributed by atoms with Crippen LogP contribution in [0.25, 0.3) is 5.82 Å². The average Bonchev–Trinajstić information content (AvgIpc) is 3.11. The largest absolute Gasteiger partial charge is 0.353 e. The molecule has 1 atom stereocenters. The minimum atomic E-state index is -0.698. The molecule has 0 spiro atoms. The van der Waals surface area contributed by atoms with Crippen molar-refractivity contribution in [2.24, 2.45) is 0 Å². The molecule has 3 aromatic heterocycles. The summed E-state index contributed by atoms with van der Waals surface area (Å²) in [5.74, 6) is 1.31. The molecule has 1 amide bonds. The third kappa shape index (κ3) is 3.83. The van der Waals surface area contributed by atoms with Crippen molar-refractivity contribution in [2.75, 3.05) is 31.1 Å². The Balaban J connectivity index is 1.50. The molecule has 1 aliphatic heterocycles. The van der Waals surface area contributed by atoms with Crippen molar-refractivity contribution < 1.29 is 4.79 Å². The maximum Gasteiger partial charge on any atom is 0.267 e. The monoisotopic (exact) mass is 407 g/mol. The molecule has 0 aliphatic carbocycles. The Bertz CT molecular complexity index is 1100. The number of aromatic nitrogens is 5. The summed E-state index contributed by atoms with van der Waals surface area (Å²) in [4.78, 5) is 33.8. The van der Waals surface area contributed by atoms with Gasteiger partial charge in [0, 0.05) is 44.1 Å². The van der Waals surface area contributed by atoms with Crippen LogP contribution in [0.3, 0.4) is 0 Å². The number of carbonyl (C=O) groups is 1. The topological polar surface area (TPSA) is 89.2 Å². The Labute approximate surface area is 174 Å². The van der Waals surface area contributed by atoms with Crippen molar-refractivity contribution in [1.82, 2.24) is 29.4 Å². The normalized spacial score (nSPS) is 15.3. The summed E-state index contributed by atoms with van der Waals surface area (Å²) in [6, 6.07) is 10.1. The van der Waals surface area contributed by atoms with Crippen molar-refractivity contribution in [3.8, 4) is 5.82 Å². The van der Waals surface area contributed by atoms with E-state index in [1.54, 1.807) is 28.8 Å². The molecule has 0 bridgehead atoms. The van der Waals surface area contributed by atoms with E-state index in [0.717, 1.165) is 17.2 Å². The Morgan fingerprint density at radius 1 is 1.00 bits per heavy atom. The van der Waals surface area contributed by atoms with Gasteiger partial charge in [-0.3, -0.25) is 9.59 Å². The van der Waals surface area contributed by atoms with Crippen molar-refractivity contribution >= 4 is 11.7 Å². The number of hydrogen-bond acceptors (Lipinski definition) is 6. The maximum atomic E-state index is 13.1. The SMILES string of the molecule is Cc1cc(C)n(-c2ccc(=O)n(C(C)C(=O)N3CCN(c4ccccn4)CC3)n2)n1. The minimum Gasteiger partial charge on any atom is -0.353 e. The predicted octanol–water partition coefficient (Wildman–Crippen LogP) is 1.35. The van der Waals surface area contributed by atoms with Crippen LogP contribution in [0.15, 0.2) is 47.4 Å². The first-order valence-corrected chi connectivity index (χ1v) is 10.0. The standard InChI is InChI=1S/C21H25N7O2/c1-15-14-16(2)27(23-15)19-7-8-20(29)28(24-19)17(3)21(30)26-12-10-25(11-13-26)18-6-4-5-9-22-18/h4-9,14,17H,10-13H2,1-3H3. The molecule has 3 aromatic rings. The van der Waals surface area contributed by atoms with E-state index in [-0.39, 0.29) is 11.5 Å². The average molecular weight is 407 g/mol. The molecule has 4 heterocycles. The molecular weight excluding hydrogens is 382 g/mol. The Kier molecular flexibility index (Phi) is 5.35.